The quantitative estimate of drug-likeness (QED) is 0.697. The highest BCUT2D eigenvalue weighted by Gasteiger charge is 2.12. The molecule has 1 heterocycles. The Morgan fingerprint density at radius 2 is 2.18 bits per heavy atom. The molecule has 0 radical (unpaired) electrons. The smallest absolute Gasteiger partial charge is 0.246 e. The largest absolute Gasteiger partial charge is 0.273 e. The third-order valence-electron chi connectivity index (χ3n) is 3.87. The van der Waals surface area contributed by atoms with Crippen molar-refractivity contribution in [3.63, 3.8) is 0 Å². The van der Waals surface area contributed by atoms with E-state index in [2.05, 4.69) is 33.7 Å². The van der Waals surface area contributed by atoms with Gasteiger partial charge in [0.2, 0.25) is 5.91 Å². The number of fused-ring (bicyclic) bond motifs is 1. The maximum atomic E-state index is 11.9. The van der Waals surface area contributed by atoms with Gasteiger partial charge in [-0.15, -0.1) is 11.3 Å². The molecule has 0 atom stereocenters. The Morgan fingerprint density at radius 1 is 1.36 bits per heavy atom. The molecule has 1 amide bonds. The second-order valence-electron chi connectivity index (χ2n) is 5.60. The number of nitrogens with zero attached hydrogens (tertiary/aromatic N) is 2. The van der Waals surface area contributed by atoms with Gasteiger partial charge in [-0.05, 0) is 55.9 Å². The zero-order valence-electron chi connectivity index (χ0n) is 12.8. The summed E-state index contributed by atoms with van der Waals surface area (Å²) in [6.07, 6.45) is 3.83. The zero-order chi connectivity index (χ0) is 15.5. The lowest BCUT2D eigenvalue weighted by Gasteiger charge is -2.05. The van der Waals surface area contributed by atoms with E-state index in [-0.39, 0.29) is 12.3 Å². The minimum absolute atomic E-state index is 0.134. The van der Waals surface area contributed by atoms with E-state index in [4.69, 9.17) is 0 Å². The van der Waals surface area contributed by atoms with Gasteiger partial charge in [0, 0.05) is 5.38 Å². The second kappa shape index (κ2) is 6.40. The fraction of sp³-hybridized carbons (Fsp3) is 0.353. The van der Waals surface area contributed by atoms with E-state index in [0.29, 0.717) is 0 Å². The summed E-state index contributed by atoms with van der Waals surface area (Å²) in [6.45, 7) is 3.85. The predicted octanol–water partition coefficient (Wildman–Crippen LogP) is 3.02. The minimum Gasteiger partial charge on any atom is -0.273 e. The van der Waals surface area contributed by atoms with Crippen LogP contribution in [-0.4, -0.2) is 16.6 Å². The summed E-state index contributed by atoms with van der Waals surface area (Å²) >= 11 is 1.55. The van der Waals surface area contributed by atoms with Gasteiger partial charge in [0.05, 0.1) is 22.8 Å². The number of benzene rings is 1. The van der Waals surface area contributed by atoms with E-state index in [0.717, 1.165) is 28.4 Å². The second-order valence-corrected chi connectivity index (χ2v) is 6.67. The van der Waals surface area contributed by atoms with E-state index in [1.165, 1.54) is 24.0 Å². The number of hydrogen-bond acceptors (Lipinski definition) is 4. The molecule has 0 spiro atoms. The summed E-state index contributed by atoms with van der Waals surface area (Å²) < 4.78 is 0. The van der Waals surface area contributed by atoms with Crippen LogP contribution < -0.4 is 5.43 Å². The molecular weight excluding hydrogens is 294 g/mol. The molecule has 5 heteroatoms. The summed E-state index contributed by atoms with van der Waals surface area (Å²) in [5, 5.41) is 7.10. The number of rotatable bonds is 4. The van der Waals surface area contributed by atoms with Crippen LogP contribution in [0.1, 0.15) is 40.7 Å². The van der Waals surface area contributed by atoms with E-state index in [1.54, 1.807) is 11.3 Å². The van der Waals surface area contributed by atoms with Crippen LogP contribution in [0.4, 0.5) is 0 Å². The summed E-state index contributed by atoms with van der Waals surface area (Å²) in [6, 6.07) is 6.45. The van der Waals surface area contributed by atoms with Crippen molar-refractivity contribution in [3.8, 4) is 0 Å². The number of nitrogens with one attached hydrogen (secondary N) is 1. The molecule has 1 aliphatic rings. The van der Waals surface area contributed by atoms with Crippen molar-refractivity contribution in [1.82, 2.24) is 10.4 Å². The molecule has 1 aromatic carbocycles. The van der Waals surface area contributed by atoms with Gasteiger partial charge in [0.15, 0.2) is 0 Å². The first kappa shape index (κ1) is 14.9. The van der Waals surface area contributed by atoms with Crippen LogP contribution in [0.15, 0.2) is 28.7 Å². The van der Waals surface area contributed by atoms with Gasteiger partial charge in [0.1, 0.15) is 0 Å². The number of thiazole rings is 1. The molecule has 3 rings (SSSR count). The van der Waals surface area contributed by atoms with Crippen LogP contribution in [0, 0.1) is 6.92 Å². The van der Waals surface area contributed by atoms with E-state index >= 15 is 0 Å². The minimum atomic E-state index is -0.134. The van der Waals surface area contributed by atoms with Crippen LogP contribution >= 0.6 is 11.3 Å². The zero-order valence-corrected chi connectivity index (χ0v) is 13.7. The fourth-order valence-electron chi connectivity index (χ4n) is 2.70. The lowest BCUT2D eigenvalue weighted by molar-refractivity contribution is -0.120. The SMILES string of the molecule is C/C(=N/NC(=O)Cc1csc(C)n1)c1ccc2c(c1)CCC2. The molecule has 1 N–H and O–H groups in total. The number of hydrazone groups is 1. The Morgan fingerprint density at radius 3 is 2.95 bits per heavy atom. The van der Waals surface area contributed by atoms with Gasteiger partial charge >= 0.3 is 0 Å². The van der Waals surface area contributed by atoms with Crippen molar-refractivity contribution >= 4 is 23.0 Å². The molecule has 0 unspecified atom stereocenters. The lowest BCUT2D eigenvalue weighted by Crippen LogP contribution is -2.21. The molecule has 0 saturated carbocycles. The highest BCUT2D eigenvalue weighted by Crippen LogP contribution is 2.23. The number of aromatic nitrogens is 1. The topological polar surface area (TPSA) is 54.4 Å². The van der Waals surface area contributed by atoms with Crippen molar-refractivity contribution < 1.29 is 4.79 Å². The molecule has 0 fully saturated rings. The molecule has 2 aromatic rings. The van der Waals surface area contributed by atoms with Crippen LogP contribution in [0.5, 0.6) is 0 Å². The normalized spacial score (nSPS) is 14.0. The number of carbonyl (C=O) groups excluding carboxylic acids is 1. The summed E-state index contributed by atoms with van der Waals surface area (Å²) in [5.74, 6) is -0.134. The van der Waals surface area contributed by atoms with Crippen molar-refractivity contribution in [1.29, 1.82) is 0 Å². The Labute approximate surface area is 134 Å². The molecule has 1 aliphatic carbocycles. The van der Waals surface area contributed by atoms with Crippen molar-refractivity contribution in [2.75, 3.05) is 0 Å². The van der Waals surface area contributed by atoms with Crippen molar-refractivity contribution in [2.24, 2.45) is 5.10 Å². The van der Waals surface area contributed by atoms with Crippen LogP contribution in [0.2, 0.25) is 0 Å². The highest BCUT2D eigenvalue weighted by molar-refractivity contribution is 7.09. The van der Waals surface area contributed by atoms with Gasteiger partial charge < -0.3 is 0 Å². The molecule has 1 aromatic heterocycles. The molecule has 0 bridgehead atoms. The molecule has 0 saturated heterocycles. The molecular formula is C17H19N3OS. The number of hydrogen-bond donors (Lipinski definition) is 1. The number of aryl methyl sites for hydroxylation is 3. The first-order valence-corrected chi connectivity index (χ1v) is 8.36. The molecule has 22 heavy (non-hydrogen) atoms. The molecule has 0 aliphatic heterocycles. The average molecular weight is 313 g/mol. The van der Waals surface area contributed by atoms with E-state index in [9.17, 15) is 4.79 Å². The highest BCUT2D eigenvalue weighted by atomic mass is 32.1. The summed E-state index contributed by atoms with van der Waals surface area (Å²) in [4.78, 5) is 16.2. The maximum Gasteiger partial charge on any atom is 0.246 e. The van der Waals surface area contributed by atoms with Crippen LogP contribution in [-0.2, 0) is 24.1 Å². The van der Waals surface area contributed by atoms with E-state index in [1.807, 2.05) is 19.2 Å². The number of amides is 1. The van der Waals surface area contributed by atoms with Gasteiger partial charge in [-0.3, -0.25) is 4.79 Å². The first-order chi connectivity index (χ1) is 10.6. The first-order valence-electron chi connectivity index (χ1n) is 7.48. The van der Waals surface area contributed by atoms with Gasteiger partial charge in [-0.25, -0.2) is 10.4 Å². The number of carbonyl (C=O) groups is 1. The maximum absolute atomic E-state index is 11.9. The lowest BCUT2D eigenvalue weighted by atomic mass is 10.0. The Kier molecular flexibility index (Phi) is 4.34. The van der Waals surface area contributed by atoms with Crippen molar-refractivity contribution in [3.05, 3.63) is 51.0 Å². The van der Waals surface area contributed by atoms with E-state index < -0.39 is 0 Å². The van der Waals surface area contributed by atoms with Gasteiger partial charge in [0.25, 0.3) is 0 Å². The molecule has 114 valence electrons. The third kappa shape index (κ3) is 3.42. The van der Waals surface area contributed by atoms with Crippen LogP contribution in [0.25, 0.3) is 0 Å². The standard InChI is InChI=1S/C17H19N3OS/c1-11(14-7-6-13-4-3-5-15(13)8-14)19-20-17(21)9-16-10-22-12(2)18-16/h6-8,10H,3-5,9H2,1-2H3,(H,20,21)/b19-11-. The summed E-state index contributed by atoms with van der Waals surface area (Å²) in [7, 11) is 0. The van der Waals surface area contributed by atoms with Crippen molar-refractivity contribution in [2.45, 2.75) is 39.5 Å². The van der Waals surface area contributed by atoms with Gasteiger partial charge in [-0.1, -0.05) is 12.1 Å². The third-order valence-corrected chi connectivity index (χ3v) is 4.70. The predicted molar refractivity (Wildman–Crippen MR) is 89.4 cm³/mol. The van der Waals surface area contributed by atoms with Gasteiger partial charge in [-0.2, -0.15) is 5.10 Å². The Balaban J connectivity index is 1.63. The Bertz CT molecular complexity index is 733. The fourth-order valence-corrected chi connectivity index (χ4v) is 3.31. The summed E-state index contributed by atoms with van der Waals surface area (Å²) in [5.41, 5.74) is 8.18. The average Bonchev–Trinajstić information content (AvgIpc) is 3.12. The van der Waals surface area contributed by atoms with Crippen LogP contribution in [0.3, 0.4) is 0 Å². The molecule has 4 nitrogen and oxygen atoms in total. The Hall–Kier alpha value is -2.01. The monoisotopic (exact) mass is 313 g/mol.